The van der Waals surface area contributed by atoms with Crippen molar-refractivity contribution < 1.29 is 19.1 Å². The molecule has 1 atom stereocenters. The Bertz CT molecular complexity index is 837. The van der Waals surface area contributed by atoms with Crippen molar-refractivity contribution in [1.82, 2.24) is 14.9 Å². The van der Waals surface area contributed by atoms with Crippen LogP contribution in [0.15, 0.2) is 36.8 Å². The van der Waals surface area contributed by atoms with E-state index in [1.807, 2.05) is 6.92 Å². The van der Waals surface area contributed by atoms with Crippen LogP contribution in [-0.2, 0) is 4.74 Å². The van der Waals surface area contributed by atoms with E-state index in [1.54, 1.807) is 36.3 Å². The van der Waals surface area contributed by atoms with Crippen LogP contribution >= 0.6 is 0 Å². The van der Waals surface area contributed by atoms with Crippen molar-refractivity contribution in [3.63, 3.8) is 0 Å². The van der Waals surface area contributed by atoms with E-state index in [2.05, 4.69) is 9.97 Å². The maximum atomic E-state index is 13.1. The second kappa shape index (κ2) is 8.82. The number of hydrogen-bond acceptors (Lipinski definition) is 6. The molecule has 1 unspecified atom stereocenters. The summed E-state index contributed by atoms with van der Waals surface area (Å²) in [6.07, 6.45) is 6.63. The highest BCUT2D eigenvalue weighted by atomic mass is 16.5. The first-order valence-electron chi connectivity index (χ1n) is 9.39. The summed E-state index contributed by atoms with van der Waals surface area (Å²) in [5, 5.41) is 0. The van der Waals surface area contributed by atoms with Crippen molar-refractivity contribution in [3.05, 3.63) is 53.6 Å². The molecule has 2 aromatic rings. The molecule has 1 aliphatic rings. The van der Waals surface area contributed by atoms with Gasteiger partial charge in [0.15, 0.2) is 0 Å². The number of methoxy groups -OCH3 is 1. The molecule has 0 saturated heterocycles. The molecule has 1 amide bonds. The first kappa shape index (κ1) is 19.8. The van der Waals surface area contributed by atoms with E-state index in [9.17, 15) is 9.59 Å². The van der Waals surface area contributed by atoms with Crippen molar-refractivity contribution in [1.29, 1.82) is 0 Å². The summed E-state index contributed by atoms with van der Waals surface area (Å²) in [4.78, 5) is 34.8. The van der Waals surface area contributed by atoms with Crippen LogP contribution in [0.2, 0.25) is 0 Å². The van der Waals surface area contributed by atoms with Crippen molar-refractivity contribution in [2.24, 2.45) is 5.92 Å². The van der Waals surface area contributed by atoms with Crippen molar-refractivity contribution in [2.45, 2.75) is 32.2 Å². The predicted octanol–water partition coefficient (Wildman–Crippen LogP) is 3.28. The minimum absolute atomic E-state index is 0.231. The van der Waals surface area contributed by atoms with E-state index < -0.39 is 5.97 Å². The van der Waals surface area contributed by atoms with Gasteiger partial charge in [-0.2, -0.15) is 0 Å². The topological polar surface area (TPSA) is 81.6 Å². The number of hydrogen-bond donors (Lipinski definition) is 0. The average molecular weight is 383 g/mol. The SMILES string of the molecule is COC(=O)c1cc(OCC2CCC2)cc(C(=O)N(C)C(C)c2ccncn2)c1. The summed E-state index contributed by atoms with van der Waals surface area (Å²) in [5.74, 6) is 0.308. The zero-order chi connectivity index (χ0) is 20.1. The van der Waals surface area contributed by atoms with Crippen molar-refractivity contribution in [3.8, 4) is 5.75 Å². The van der Waals surface area contributed by atoms with Gasteiger partial charge in [-0.3, -0.25) is 4.79 Å². The molecule has 1 aliphatic carbocycles. The number of benzene rings is 1. The molecule has 0 radical (unpaired) electrons. The highest BCUT2D eigenvalue weighted by molar-refractivity contribution is 5.98. The Kier molecular flexibility index (Phi) is 6.23. The van der Waals surface area contributed by atoms with Gasteiger partial charge in [0.1, 0.15) is 12.1 Å². The van der Waals surface area contributed by atoms with E-state index in [4.69, 9.17) is 9.47 Å². The molecule has 28 heavy (non-hydrogen) atoms. The normalized spacial score (nSPS) is 14.7. The lowest BCUT2D eigenvalue weighted by atomic mass is 9.86. The summed E-state index contributed by atoms with van der Waals surface area (Å²) in [6, 6.07) is 6.35. The minimum Gasteiger partial charge on any atom is -0.493 e. The number of rotatable bonds is 7. The lowest BCUT2D eigenvalue weighted by molar-refractivity contribution is 0.0600. The van der Waals surface area contributed by atoms with Crippen LogP contribution in [0.4, 0.5) is 0 Å². The second-order valence-corrected chi connectivity index (χ2v) is 7.07. The predicted molar refractivity (Wildman–Crippen MR) is 103 cm³/mol. The zero-order valence-electron chi connectivity index (χ0n) is 16.4. The molecule has 0 spiro atoms. The van der Waals surface area contributed by atoms with Crippen LogP contribution in [0.1, 0.15) is 58.6 Å². The monoisotopic (exact) mass is 383 g/mol. The van der Waals surface area contributed by atoms with Crippen LogP contribution in [0.3, 0.4) is 0 Å². The fraction of sp³-hybridized carbons (Fsp3) is 0.429. The fourth-order valence-electron chi connectivity index (χ4n) is 3.04. The highest BCUT2D eigenvalue weighted by Gasteiger charge is 2.23. The molecule has 148 valence electrons. The molecule has 0 N–H and O–H groups in total. The standard InChI is InChI=1S/C21H25N3O4/c1-14(19-7-8-22-13-23-19)24(2)20(25)16-9-17(21(26)27-3)11-18(10-16)28-12-15-5-4-6-15/h7-11,13-15H,4-6,12H2,1-3H3. The van der Waals surface area contributed by atoms with Gasteiger partial charge in [-0.1, -0.05) is 6.42 Å². The highest BCUT2D eigenvalue weighted by Crippen LogP contribution is 2.28. The van der Waals surface area contributed by atoms with Crippen LogP contribution in [0.25, 0.3) is 0 Å². The molecule has 1 fully saturated rings. The third kappa shape index (κ3) is 4.47. The Morgan fingerprint density at radius 2 is 2.00 bits per heavy atom. The van der Waals surface area contributed by atoms with Gasteiger partial charge in [0.25, 0.3) is 5.91 Å². The van der Waals surface area contributed by atoms with E-state index in [0.717, 1.165) is 18.5 Å². The second-order valence-electron chi connectivity index (χ2n) is 7.07. The zero-order valence-corrected chi connectivity index (χ0v) is 16.4. The van der Waals surface area contributed by atoms with Gasteiger partial charge < -0.3 is 14.4 Å². The molecule has 1 saturated carbocycles. The minimum atomic E-state index is -0.505. The molecular weight excluding hydrogens is 358 g/mol. The van der Waals surface area contributed by atoms with Gasteiger partial charge in [-0.25, -0.2) is 14.8 Å². The lowest BCUT2D eigenvalue weighted by Crippen LogP contribution is -2.30. The van der Waals surface area contributed by atoms with Gasteiger partial charge >= 0.3 is 5.97 Å². The number of nitrogens with zero attached hydrogens (tertiary/aromatic N) is 3. The van der Waals surface area contributed by atoms with E-state index in [1.165, 1.54) is 25.9 Å². The first-order valence-corrected chi connectivity index (χ1v) is 9.39. The number of esters is 1. The molecule has 7 heteroatoms. The Morgan fingerprint density at radius 3 is 2.61 bits per heavy atom. The smallest absolute Gasteiger partial charge is 0.338 e. The van der Waals surface area contributed by atoms with Crippen LogP contribution < -0.4 is 4.74 Å². The molecule has 1 aromatic carbocycles. The Morgan fingerprint density at radius 1 is 1.25 bits per heavy atom. The largest absolute Gasteiger partial charge is 0.493 e. The maximum Gasteiger partial charge on any atom is 0.338 e. The first-order chi connectivity index (χ1) is 13.5. The Hall–Kier alpha value is -2.96. The van der Waals surface area contributed by atoms with E-state index >= 15 is 0 Å². The van der Waals surface area contributed by atoms with Gasteiger partial charge in [0.05, 0.1) is 31.0 Å². The number of carbonyl (C=O) groups is 2. The summed E-state index contributed by atoms with van der Waals surface area (Å²) in [6.45, 7) is 2.48. The molecule has 3 rings (SSSR count). The average Bonchev–Trinajstić information content (AvgIpc) is 2.70. The number of aromatic nitrogens is 2. The van der Waals surface area contributed by atoms with Crippen LogP contribution in [0, 0.1) is 5.92 Å². The quantitative estimate of drug-likeness (QED) is 0.683. The van der Waals surface area contributed by atoms with Gasteiger partial charge in [0, 0.05) is 18.8 Å². The van der Waals surface area contributed by atoms with Crippen molar-refractivity contribution >= 4 is 11.9 Å². The van der Waals surface area contributed by atoms with Crippen molar-refractivity contribution in [2.75, 3.05) is 20.8 Å². The Balaban J connectivity index is 1.83. The molecule has 0 bridgehead atoms. The summed E-state index contributed by atoms with van der Waals surface area (Å²) in [5.41, 5.74) is 1.39. The molecule has 0 aliphatic heterocycles. The van der Waals surface area contributed by atoms with Gasteiger partial charge in [0.2, 0.25) is 0 Å². The molecule has 1 heterocycles. The maximum absolute atomic E-state index is 13.1. The van der Waals surface area contributed by atoms with Crippen LogP contribution in [0.5, 0.6) is 5.75 Å². The van der Waals surface area contributed by atoms with Gasteiger partial charge in [-0.15, -0.1) is 0 Å². The summed E-state index contributed by atoms with van der Waals surface area (Å²) >= 11 is 0. The number of ether oxygens (including phenoxy) is 2. The molecule has 1 aromatic heterocycles. The third-order valence-corrected chi connectivity index (χ3v) is 5.22. The molecular formula is C21H25N3O4. The summed E-state index contributed by atoms with van der Waals surface area (Å²) < 4.78 is 10.7. The van der Waals surface area contributed by atoms with Gasteiger partial charge in [-0.05, 0) is 49.9 Å². The van der Waals surface area contributed by atoms with E-state index in [0.29, 0.717) is 29.4 Å². The number of carbonyl (C=O) groups excluding carboxylic acids is 2. The number of amides is 1. The lowest BCUT2D eigenvalue weighted by Gasteiger charge is -2.26. The third-order valence-electron chi connectivity index (χ3n) is 5.22. The summed E-state index contributed by atoms with van der Waals surface area (Å²) in [7, 11) is 3.02. The molecule has 7 nitrogen and oxygen atoms in total. The van der Waals surface area contributed by atoms with E-state index in [-0.39, 0.29) is 11.9 Å². The Labute approximate surface area is 164 Å². The van der Waals surface area contributed by atoms with Crippen LogP contribution in [-0.4, -0.2) is 47.5 Å². The fourth-order valence-corrected chi connectivity index (χ4v) is 3.04.